The molecule has 8 heteroatoms. The minimum atomic E-state index is -0.502. The molecular weight excluding hydrogens is 475 g/mol. The molecule has 2 aliphatic rings. The summed E-state index contributed by atoms with van der Waals surface area (Å²) in [5.41, 5.74) is 0.0781. The Morgan fingerprint density at radius 2 is 1.89 bits per heavy atom. The van der Waals surface area contributed by atoms with Gasteiger partial charge < -0.3 is 20.4 Å². The number of likely N-dealkylation sites (tertiary alicyclic amines) is 1. The van der Waals surface area contributed by atoms with Crippen LogP contribution in [0.15, 0.2) is 23.2 Å². The Kier molecular flexibility index (Phi) is 9.20. The third-order valence-electron chi connectivity index (χ3n) is 5.45. The van der Waals surface area contributed by atoms with E-state index in [0.717, 1.165) is 45.1 Å². The lowest BCUT2D eigenvalue weighted by atomic mass is 10.1. The van der Waals surface area contributed by atoms with E-state index in [1.807, 2.05) is 6.92 Å². The first-order chi connectivity index (χ1) is 13.1. The molecule has 28 heavy (non-hydrogen) atoms. The molecule has 2 aliphatic heterocycles. The molecule has 0 aromatic heterocycles. The number of benzene rings is 1. The first-order valence-corrected chi connectivity index (χ1v) is 10.1. The van der Waals surface area contributed by atoms with E-state index in [0.29, 0.717) is 19.0 Å². The zero-order valence-electron chi connectivity index (χ0n) is 16.8. The number of halogens is 3. The maximum absolute atomic E-state index is 14.0. The van der Waals surface area contributed by atoms with Crippen LogP contribution in [0, 0.1) is 17.6 Å². The fourth-order valence-corrected chi connectivity index (χ4v) is 3.96. The molecular formula is C20H32F2IN5. The van der Waals surface area contributed by atoms with E-state index >= 15 is 0 Å². The van der Waals surface area contributed by atoms with Gasteiger partial charge in [-0.1, -0.05) is 13.0 Å². The molecule has 158 valence electrons. The van der Waals surface area contributed by atoms with Gasteiger partial charge in [-0.05, 0) is 50.9 Å². The van der Waals surface area contributed by atoms with Gasteiger partial charge in [-0.25, -0.2) is 8.78 Å². The van der Waals surface area contributed by atoms with Crippen molar-refractivity contribution < 1.29 is 8.78 Å². The Morgan fingerprint density at radius 3 is 2.54 bits per heavy atom. The van der Waals surface area contributed by atoms with Crippen molar-refractivity contribution in [2.24, 2.45) is 10.9 Å². The van der Waals surface area contributed by atoms with Crippen molar-refractivity contribution >= 4 is 35.6 Å². The summed E-state index contributed by atoms with van der Waals surface area (Å²) in [5, 5.41) is 6.74. The van der Waals surface area contributed by atoms with Crippen molar-refractivity contribution in [2.75, 3.05) is 50.7 Å². The molecule has 0 radical (unpaired) electrons. The van der Waals surface area contributed by atoms with Gasteiger partial charge in [-0.15, -0.1) is 24.0 Å². The third kappa shape index (κ3) is 5.92. The van der Waals surface area contributed by atoms with Crippen molar-refractivity contribution in [3.05, 3.63) is 29.8 Å². The standard InChI is InChI=1S/C20H31F2N5.HI/c1-3-23-20(24-12-15-8-10-26(4-2)13-15)25-16-9-11-27(14-16)19-17(21)6-5-7-18(19)22;/h5-7,15-16H,3-4,8-14H2,1-2H3,(H2,23,24,25);1H. The van der Waals surface area contributed by atoms with E-state index in [1.165, 1.54) is 24.6 Å². The summed E-state index contributed by atoms with van der Waals surface area (Å²) in [4.78, 5) is 9.00. The second-order valence-corrected chi connectivity index (χ2v) is 7.41. The first kappa shape index (κ1) is 23.1. The molecule has 0 aliphatic carbocycles. The normalized spacial score (nSPS) is 23.0. The minimum absolute atomic E-state index is 0. The second-order valence-electron chi connectivity index (χ2n) is 7.41. The highest BCUT2D eigenvalue weighted by Gasteiger charge is 2.27. The van der Waals surface area contributed by atoms with Crippen LogP contribution in [0.2, 0.25) is 0 Å². The summed E-state index contributed by atoms with van der Waals surface area (Å²) in [6.45, 7) is 10.4. The zero-order valence-corrected chi connectivity index (χ0v) is 19.1. The predicted octanol–water partition coefficient (Wildman–Crippen LogP) is 3.06. The summed E-state index contributed by atoms with van der Waals surface area (Å²) >= 11 is 0. The number of hydrogen-bond acceptors (Lipinski definition) is 3. The Balaban J connectivity index is 0.00000280. The van der Waals surface area contributed by atoms with E-state index in [9.17, 15) is 8.78 Å². The Labute approximate surface area is 184 Å². The van der Waals surface area contributed by atoms with Crippen LogP contribution >= 0.6 is 24.0 Å². The van der Waals surface area contributed by atoms with Gasteiger partial charge in [0.2, 0.25) is 0 Å². The van der Waals surface area contributed by atoms with Crippen LogP contribution < -0.4 is 15.5 Å². The number of para-hydroxylation sites is 1. The Hall–Kier alpha value is -1.16. The van der Waals surface area contributed by atoms with Gasteiger partial charge in [0.05, 0.1) is 0 Å². The van der Waals surface area contributed by atoms with Crippen LogP contribution in [0.3, 0.4) is 0 Å². The number of rotatable bonds is 6. The molecule has 5 nitrogen and oxygen atoms in total. The van der Waals surface area contributed by atoms with Crippen molar-refractivity contribution in [3.8, 4) is 0 Å². The lowest BCUT2D eigenvalue weighted by molar-refractivity contribution is 0.343. The van der Waals surface area contributed by atoms with E-state index < -0.39 is 11.6 Å². The molecule has 1 aromatic carbocycles. The molecule has 2 fully saturated rings. The first-order valence-electron chi connectivity index (χ1n) is 10.1. The monoisotopic (exact) mass is 507 g/mol. The number of nitrogens with one attached hydrogen (secondary N) is 2. The van der Waals surface area contributed by atoms with Crippen LogP contribution in [0.25, 0.3) is 0 Å². The summed E-state index contributed by atoms with van der Waals surface area (Å²) in [6.07, 6.45) is 2.02. The average Bonchev–Trinajstić information content (AvgIpc) is 3.29. The molecule has 0 amide bonds. The molecule has 2 unspecified atom stereocenters. The molecule has 2 heterocycles. The zero-order chi connectivity index (χ0) is 19.2. The van der Waals surface area contributed by atoms with Crippen molar-refractivity contribution in [3.63, 3.8) is 0 Å². The molecule has 3 rings (SSSR count). The highest BCUT2D eigenvalue weighted by atomic mass is 127. The topological polar surface area (TPSA) is 42.9 Å². The maximum Gasteiger partial charge on any atom is 0.191 e. The summed E-state index contributed by atoms with van der Waals surface area (Å²) in [5.74, 6) is 0.400. The molecule has 2 atom stereocenters. The highest BCUT2D eigenvalue weighted by molar-refractivity contribution is 14.0. The van der Waals surface area contributed by atoms with E-state index in [4.69, 9.17) is 4.99 Å². The van der Waals surface area contributed by atoms with Crippen LogP contribution in [0.1, 0.15) is 26.7 Å². The second kappa shape index (κ2) is 11.1. The molecule has 0 bridgehead atoms. The summed E-state index contributed by atoms with van der Waals surface area (Å²) in [6, 6.07) is 4.15. The maximum atomic E-state index is 14.0. The fraction of sp³-hybridized carbons (Fsp3) is 0.650. The van der Waals surface area contributed by atoms with Crippen LogP contribution in [0.5, 0.6) is 0 Å². The quantitative estimate of drug-likeness (QED) is 0.353. The van der Waals surface area contributed by atoms with Gasteiger partial charge in [-0.2, -0.15) is 0 Å². The Bertz CT molecular complexity index is 637. The van der Waals surface area contributed by atoms with Crippen LogP contribution in [0.4, 0.5) is 14.5 Å². The number of hydrogen-bond donors (Lipinski definition) is 2. The average molecular weight is 507 g/mol. The SMILES string of the molecule is CCNC(=NCC1CCN(CC)C1)NC1CCN(c2c(F)cccc2F)C1.I. The van der Waals surface area contributed by atoms with Gasteiger partial charge in [0.15, 0.2) is 5.96 Å². The summed E-state index contributed by atoms with van der Waals surface area (Å²) < 4.78 is 28.0. The van der Waals surface area contributed by atoms with E-state index in [2.05, 4.69) is 22.5 Å². The smallest absolute Gasteiger partial charge is 0.191 e. The van der Waals surface area contributed by atoms with Gasteiger partial charge in [0, 0.05) is 38.8 Å². The number of aliphatic imine (C=N–C) groups is 1. The van der Waals surface area contributed by atoms with Gasteiger partial charge in [0.25, 0.3) is 0 Å². The highest BCUT2D eigenvalue weighted by Crippen LogP contribution is 2.26. The number of guanidine groups is 1. The Morgan fingerprint density at radius 1 is 1.14 bits per heavy atom. The third-order valence-corrected chi connectivity index (χ3v) is 5.45. The van der Waals surface area contributed by atoms with Crippen LogP contribution in [-0.4, -0.2) is 62.7 Å². The minimum Gasteiger partial charge on any atom is -0.365 e. The molecule has 0 spiro atoms. The predicted molar refractivity (Wildman–Crippen MR) is 122 cm³/mol. The lowest BCUT2D eigenvalue weighted by Gasteiger charge is -2.21. The van der Waals surface area contributed by atoms with Crippen molar-refractivity contribution in [1.29, 1.82) is 0 Å². The van der Waals surface area contributed by atoms with E-state index in [-0.39, 0.29) is 35.7 Å². The number of anilines is 1. The fourth-order valence-electron chi connectivity index (χ4n) is 3.96. The van der Waals surface area contributed by atoms with Crippen LogP contribution in [-0.2, 0) is 0 Å². The van der Waals surface area contributed by atoms with Gasteiger partial charge in [0.1, 0.15) is 17.3 Å². The van der Waals surface area contributed by atoms with Gasteiger partial charge in [-0.3, -0.25) is 4.99 Å². The molecule has 0 saturated carbocycles. The largest absolute Gasteiger partial charge is 0.365 e. The van der Waals surface area contributed by atoms with Gasteiger partial charge >= 0.3 is 0 Å². The lowest BCUT2D eigenvalue weighted by Crippen LogP contribution is -2.45. The molecule has 2 saturated heterocycles. The molecule has 2 N–H and O–H groups in total. The van der Waals surface area contributed by atoms with Crippen molar-refractivity contribution in [1.82, 2.24) is 15.5 Å². The number of nitrogens with zero attached hydrogens (tertiary/aromatic N) is 3. The van der Waals surface area contributed by atoms with Crippen molar-refractivity contribution in [2.45, 2.75) is 32.7 Å². The summed E-state index contributed by atoms with van der Waals surface area (Å²) in [7, 11) is 0. The van der Waals surface area contributed by atoms with E-state index in [1.54, 1.807) is 4.90 Å². The molecule has 1 aromatic rings.